The van der Waals surface area contributed by atoms with Crippen molar-refractivity contribution in [1.29, 1.82) is 0 Å². The Kier molecular flexibility index (Phi) is 6.00. The molecule has 0 aromatic carbocycles. The van der Waals surface area contributed by atoms with E-state index in [1.807, 2.05) is 10.6 Å². The average Bonchev–Trinajstić information content (AvgIpc) is 2.95. The van der Waals surface area contributed by atoms with Gasteiger partial charge in [-0.3, -0.25) is 4.79 Å². The Balaban J connectivity index is 2.23. The van der Waals surface area contributed by atoms with E-state index in [2.05, 4.69) is 32.2 Å². The number of rotatable bonds is 7. The van der Waals surface area contributed by atoms with Gasteiger partial charge in [0.2, 0.25) is 0 Å². The van der Waals surface area contributed by atoms with Gasteiger partial charge >= 0.3 is 0 Å². The third kappa shape index (κ3) is 4.17. The van der Waals surface area contributed by atoms with E-state index >= 15 is 0 Å². The van der Waals surface area contributed by atoms with Gasteiger partial charge in [-0.2, -0.15) is 0 Å². The minimum atomic E-state index is 0.139. The molecule has 1 atom stereocenters. The summed E-state index contributed by atoms with van der Waals surface area (Å²) in [7, 11) is 0. The zero-order valence-electron chi connectivity index (χ0n) is 13.5. The van der Waals surface area contributed by atoms with Crippen LogP contribution in [0.4, 0.5) is 0 Å². The van der Waals surface area contributed by atoms with Crippen LogP contribution in [0.5, 0.6) is 0 Å². The van der Waals surface area contributed by atoms with Crippen LogP contribution in [0.3, 0.4) is 0 Å². The van der Waals surface area contributed by atoms with Crippen LogP contribution in [-0.4, -0.2) is 23.8 Å². The molecule has 2 heterocycles. The second kappa shape index (κ2) is 7.76. The lowest BCUT2D eigenvalue weighted by Gasteiger charge is -2.20. The number of hydrogen-bond donors (Lipinski definition) is 1. The first kappa shape index (κ1) is 16.2. The molecule has 21 heavy (non-hydrogen) atoms. The lowest BCUT2D eigenvalue weighted by molar-refractivity contribution is 0.0951. The number of nitrogens with zero attached hydrogens (tertiary/aromatic N) is 1. The average molecular weight is 292 g/mol. The molecule has 118 valence electrons. The highest BCUT2D eigenvalue weighted by molar-refractivity contribution is 5.18. The van der Waals surface area contributed by atoms with Crippen molar-refractivity contribution in [2.75, 3.05) is 13.2 Å². The van der Waals surface area contributed by atoms with E-state index < -0.39 is 0 Å². The normalized spacial score (nSPS) is 18.6. The third-order valence-corrected chi connectivity index (χ3v) is 4.03. The summed E-state index contributed by atoms with van der Waals surface area (Å²) in [6, 6.07) is 4.08. The molecule has 0 radical (unpaired) electrons. The summed E-state index contributed by atoms with van der Waals surface area (Å²) in [6.45, 7) is 9.51. The molecule has 4 heteroatoms. The van der Waals surface area contributed by atoms with Crippen LogP contribution in [0.2, 0.25) is 0 Å². The summed E-state index contributed by atoms with van der Waals surface area (Å²) in [5, 5.41) is 3.32. The van der Waals surface area contributed by atoms with Gasteiger partial charge in [-0.15, -0.1) is 0 Å². The van der Waals surface area contributed by atoms with Crippen molar-refractivity contribution < 1.29 is 4.74 Å². The zero-order valence-corrected chi connectivity index (χ0v) is 13.5. The van der Waals surface area contributed by atoms with E-state index in [0.29, 0.717) is 19.0 Å². The molecule has 1 saturated heterocycles. The highest BCUT2D eigenvalue weighted by atomic mass is 16.5. The minimum Gasteiger partial charge on any atom is -0.376 e. The Bertz CT molecular complexity index is 502. The molecule has 1 aliphatic rings. The molecule has 1 aliphatic heterocycles. The molecule has 2 rings (SSSR count). The molecule has 1 aromatic heterocycles. The van der Waals surface area contributed by atoms with Crippen LogP contribution in [0.25, 0.3) is 0 Å². The van der Waals surface area contributed by atoms with Crippen LogP contribution in [0, 0.1) is 0 Å². The van der Waals surface area contributed by atoms with E-state index in [4.69, 9.17) is 4.74 Å². The maximum Gasteiger partial charge on any atom is 0.255 e. The van der Waals surface area contributed by atoms with Gasteiger partial charge in [-0.25, -0.2) is 0 Å². The summed E-state index contributed by atoms with van der Waals surface area (Å²) >= 11 is 0. The van der Waals surface area contributed by atoms with Gasteiger partial charge in [-0.05, 0) is 37.8 Å². The molecular formula is C17H28N2O2. The van der Waals surface area contributed by atoms with Crippen molar-refractivity contribution in [3.05, 3.63) is 33.7 Å². The van der Waals surface area contributed by atoms with E-state index in [9.17, 15) is 4.79 Å². The molecule has 1 unspecified atom stereocenters. The first-order valence-electron chi connectivity index (χ1n) is 8.18. The fourth-order valence-electron chi connectivity index (χ4n) is 2.86. The van der Waals surface area contributed by atoms with Gasteiger partial charge in [0.15, 0.2) is 0 Å². The summed E-state index contributed by atoms with van der Waals surface area (Å²) < 4.78 is 7.64. The van der Waals surface area contributed by atoms with E-state index in [-0.39, 0.29) is 11.7 Å². The van der Waals surface area contributed by atoms with Crippen molar-refractivity contribution in [3.8, 4) is 0 Å². The lowest BCUT2D eigenvalue weighted by Crippen LogP contribution is -2.33. The minimum absolute atomic E-state index is 0.139. The van der Waals surface area contributed by atoms with Gasteiger partial charge in [0, 0.05) is 24.4 Å². The zero-order chi connectivity index (χ0) is 15.2. The van der Waals surface area contributed by atoms with Gasteiger partial charge < -0.3 is 14.6 Å². The number of pyridine rings is 1. The summed E-state index contributed by atoms with van der Waals surface area (Å²) in [6.07, 6.45) is 3.43. The maximum atomic E-state index is 12.7. The first-order valence-corrected chi connectivity index (χ1v) is 8.18. The van der Waals surface area contributed by atoms with E-state index in [1.165, 1.54) is 0 Å². The van der Waals surface area contributed by atoms with E-state index in [1.54, 1.807) is 0 Å². The first-order chi connectivity index (χ1) is 10.1. The molecule has 4 nitrogen and oxygen atoms in total. The molecule has 0 spiro atoms. The molecule has 1 N–H and O–H groups in total. The monoisotopic (exact) mass is 292 g/mol. The highest BCUT2D eigenvalue weighted by Gasteiger charge is 2.19. The largest absolute Gasteiger partial charge is 0.376 e. The standard InChI is InChI=1S/C17H28N2O2/c1-4-9-18-11-14-7-8-16(13(2)3)19(17(14)20)12-15-6-5-10-21-15/h7-8,13,15,18H,4-6,9-12H2,1-3H3. The van der Waals surface area contributed by atoms with Gasteiger partial charge in [0.25, 0.3) is 5.56 Å². The van der Waals surface area contributed by atoms with Crippen molar-refractivity contribution in [3.63, 3.8) is 0 Å². The third-order valence-electron chi connectivity index (χ3n) is 4.03. The van der Waals surface area contributed by atoms with Crippen LogP contribution in [-0.2, 0) is 17.8 Å². The highest BCUT2D eigenvalue weighted by Crippen LogP contribution is 2.18. The fraction of sp³-hybridized carbons (Fsp3) is 0.706. The second-order valence-corrected chi connectivity index (χ2v) is 6.17. The number of ether oxygens (including phenoxy) is 1. The van der Waals surface area contributed by atoms with Crippen molar-refractivity contribution in [2.45, 2.75) is 65.1 Å². The Hall–Kier alpha value is -1.13. The van der Waals surface area contributed by atoms with Crippen LogP contribution < -0.4 is 10.9 Å². The Morgan fingerprint density at radius 3 is 2.86 bits per heavy atom. The molecule has 0 saturated carbocycles. The Labute approximate surface area is 127 Å². The Morgan fingerprint density at radius 2 is 2.24 bits per heavy atom. The molecule has 1 aromatic rings. The van der Waals surface area contributed by atoms with Crippen LogP contribution in [0.1, 0.15) is 57.2 Å². The van der Waals surface area contributed by atoms with Crippen molar-refractivity contribution in [1.82, 2.24) is 9.88 Å². The quantitative estimate of drug-likeness (QED) is 0.786. The van der Waals surface area contributed by atoms with Crippen LogP contribution in [0.15, 0.2) is 16.9 Å². The smallest absolute Gasteiger partial charge is 0.255 e. The van der Waals surface area contributed by atoms with Gasteiger partial charge in [0.05, 0.1) is 12.6 Å². The fourth-order valence-corrected chi connectivity index (χ4v) is 2.86. The number of hydrogen-bond acceptors (Lipinski definition) is 3. The molecule has 0 amide bonds. The number of nitrogens with one attached hydrogen (secondary N) is 1. The summed E-state index contributed by atoms with van der Waals surface area (Å²) in [5.74, 6) is 0.344. The van der Waals surface area contributed by atoms with Gasteiger partial charge in [0.1, 0.15) is 0 Å². The number of aromatic nitrogens is 1. The summed E-state index contributed by atoms with van der Waals surface area (Å²) in [4.78, 5) is 12.7. The van der Waals surface area contributed by atoms with Crippen LogP contribution >= 0.6 is 0 Å². The second-order valence-electron chi connectivity index (χ2n) is 6.17. The predicted molar refractivity (Wildman–Crippen MR) is 85.8 cm³/mol. The maximum absolute atomic E-state index is 12.7. The molecule has 0 aliphatic carbocycles. The van der Waals surface area contributed by atoms with Crippen molar-refractivity contribution in [2.24, 2.45) is 0 Å². The SMILES string of the molecule is CCCNCc1ccc(C(C)C)n(CC2CCCO2)c1=O. The lowest BCUT2D eigenvalue weighted by atomic mass is 10.1. The molecule has 0 bridgehead atoms. The van der Waals surface area contributed by atoms with Crippen molar-refractivity contribution >= 4 is 0 Å². The topological polar surface area (TPSA) is 43.3 Å². The molecule has 1 fully saturated rings. The molecular weight excluding hydrogens is 264 g/mol. The summed E-state index contributed by atoms with van der Waals surface area (Å²) in [5.41, 5.74) is 2.10. The van der Waals surface area contributed by atoms with E-state index in [0.717, 1.165) is 43.7 Å². The predicted octanol–water partition coefficient (Wildman–Crippen LogP) is 2.65. The van der Waals surface area contributed by atoms with Gasteiger partial charge in [-0.1, -0.05) is 26.8 Å². The Morgan fingerprint density at radius 1 is 1.43 bits per heavy atom.